The average Bonchev–Trinajstić information content (AvgIpc) is 3.03. The van der Waals surface area contributed by atoms with Crippen LogP contribution in [0.5, 0.6) is 0 Å². The number of carbonyl (C=O) groups is 1. The van der Waals surface area contributed by atoms with Crippen LogP contribution in [-0.2, 0) is 11.2 Å². The first-order chi connectivity index (χ1) is 9.44. The van der Waals surface area contributed by atoms with E-state index in [2.05, 4.69) is 15.5 Å². The molecule has 2 heterocycles. The molecule has 2 aromatic heterocycles. The number of carbonyl (C=O) groups excluding carboxylic acids is 1. The van der Waals surface area contributed by atoms with Gasteiger partial charge in [-0.1, -0.05) is 5.16 Å². The van der Waals surface area contributed by atoms with Gasteiger partial charge in [-0.05, 0) is 19.9 Å². The summed E-state index contributed by atoms with van der Waals surface area (Å²) in [5.41, 5.74) is 6.11. The third-order valence-corrected chi connectivity index (χ3v) is 2.55. The molecule has 1 amide bonds. The van der Waals surface area contributed by atoms with Crippen molar-refractivity contribution in [2.45, 2.75) is 32.2 Å². The van der Waals surface area contributed by atoms with Crippen molar-refractivity contribution in [2.75, 3.05) is 6.54 Å². The number of aromatic nitrogens is 2. The van der Waals surface area contributed by atoms with Gasteiger partial charge < -0.3 is 20.0 Å². The van der Waals surface area contributed by atoms with Crippen molar-refractivity contribution >= 4 is 18.3 Å². The first-order valence-corrected chi connectivity index (χ1v) is 6.35. The molecule has 3 N–H and O–H groups in total. The average molecular weight is 315 g/mol. The van der Waals surface area contributed by atoms with Crippen LogP contribution in [0.25, 0.3) is 11.4 Å². The Kier molecular flexibility index (Phi) is 5.92. The van der Waals surface area contributed by atoms with Crippen molar-refractivity contribution in [3.8, 4) is 11.4 Å². The molecular formula is C13H19ClN4O3. The standard InChI is InChI=1S/C13H18N4O3.ClH/c1-13(2,14)8-15-10(18)3-4-11-16-12(17-20-11)9-5-6-19-7-9;/h5-7H,3-4,8,14H2,1-2H3,(H,15,18);1H. The quantitative estimate of drug-likeness (QED) is 0.837. The lowest BCUT2D eigenvalue weighted by Crippen LogP contribution is -2.45. The molecular weight excluding hydrogens is 296 g/mol. The van der Waals surface area contributed by atoms with E-state index in [0.717, 1.165) is 5.56 Å². The Hall–Kier alpha value is -1.86. The molecule has 2 rings (SSSR count). The number of nitrogens with one attached hydrogen (secondary N) is 1. The molecule has 0 atom stereocenters. The van der Waals surface area contributed by atoms with Crippen molar-refractivity contribution in [2.24, 2.45) is 5.73 Å². The van der Waals surface area contributed by atoms with E-state index in [1.165, 1.54) is 12.5 Å². The summed E-state index contributed by atoms with van der Waals surface area (Å²) in [4.78, 5) is 15.8. The predicted octanol–water partition coefficient (Wildman–Crippen LogP) is 1.54. The largest absolute Gasteiger partial charge is 0.472 e. The SMILES string of the molecule is CC(C)(N)CNC(=O)CCc1nc(-c2ccoc2)no1.Cl. The first kappa shape index (κ1) is 17.2. The van der Waals surface area contributed by atoms with E-state index in [0.29, 0.717) is 24.7 Å². The van der Waals surface area contributed by atoms with Crippen LogP contribution in [0.3, 0.4) is 0 Å². The number of halogens is 1. The number of rotatable bonds is 6. The smallest absolute Gasteiger partial charge is 0.227 e. The van der Waals surface area contributed by atoms with Crippen LogP contribution in [0.15, 0.2) is 27.5 Å². The highest BCUT2D eigenvalue weighted by molar-refractivity contribution is 5.85. The van der Waals surface area contributed by atoms with Crippen LogP contribution in [0.1, 0.15) is 26.2 Å². The zero-order valence-corrected chi connectivity index (χ0v) is 12.8. The van der Waals surface area contributed by atoms with Gasteiger partial charge in [0.15, 0.2) is 0 Å². The number of nitrogens with two attached hydrogens (primary N) is 1. The maximum absolute atomic E-state index is 11.6. The van der Waals surface area contributed by atoms with Crippen LogP contribution < -0.4 is 11.1 Å². The van der Waals surface area contributed by atoms with Crippen molar-refractivity contribution in [3.05, 3.63) is 24.5 Å². The van der Waals surface area contributed by atoms with Gasteiger partial charge in [0.05, 0.1) is 11.8 Å². The lowest BCUT2D eigenvalue weighted by molar-refractivity contribution is -0.121. The fourth-order valence-corrected chi connectivity index (χ4v) is 1.50. The van der Waals surface area contributed by atoms with Gasteiger partial charge in [-0.2, -0.15) is 4.98 Å². The van der Waals surface area contributed by atoms with Crippen LogP contribution in [-0.4, -0.2) is 28.1 Å². The molecule has 0 aromatic carbocycles. The van der Waals surface area contributed by atoms with E-state index >= 15 is 0 Å². The van der Waals surface area contributed by atoms with Gasteiger partial charge in [-0.25, -0.2) is 0 Å². The summed E-state index contributed by atoms with van der Waals surface area (Å²) in [5.74, 6) is 0.784. The van der Waals surface area contributed by atoms with E-state index in [-0.39, 0.29) is 24.7 Å². The third-order valence-electron chi connectivity index (χ3n) is 2.55. The topological polar surface area (TPSA) is 107 Å². The number of nitrogens with zero attached hydrogens (tertiary/aromatic N) is 2. The molecule has 8 heteroatoms. The van der Waals surface area contributed by atoms with E-state index in [4.69, 9.17) is 14.7 Å². The molecule has 0 aliphatic rings. The monoisotopic (exact) mass is 314 g/mol. The van der Waals surface area contributed by atoms with Gasteiger partial charge in [-0.15, -0.1) is 12.4 Å². The Bertz CT molecular complexity index is 560. The van der Waals surface area contributed by atoms with Crippen LogP contribution >= 0.6 is 12.4 Å². The molecule has 0 saturated heterocycles. The number of hydrogen-bond acceptors (Lipinski definition) is 6. The third kappa shape index (κ3) is 5.57. The van der Waals surface area contributed by atoms with Gasteiger partial charge in [0.25, 0.3) is 0 Å². The summed E-state index contributed by atoms with van der Waals surface area (Å²) in [5, 5.41) is 6.58. The molecule has 0 unspecified atom stereocenters. The molecule has 0 spiro atoms. The zero-order valence-electron chi connectivity index (χ0n) is 12.0. The van der Waals surface area contributed by atoms with Crippen LogP contribution in [0, 0.1) is 0 Å². The second kappa shape index (κ2) is 7.24. The van der Waals surface area contributed by atoms with Crippen molar-refractivity contribution in [1.82, 2.24) is 15.5 Å². The molecule has 21 heavy (non-hydrogen) atoms. The minimum Gasteiger partial charge on any atom is -0.472 e. The van der Waals surface area contributed by atoms with Crippen molar-refractivity contribution in [3.63, 3.8) is 0 Å². The maximum atomic E-state index is 11.6. The van der Waals surface area contributed by atoms with Crippen LogP contribution in [0.4, 0.5) is 0 Å². The fourth-order valence-electron chi connectivity index (χ4n) is 1.50. The highest BCUT2D eigenvalue weighted by Crippen LogP contribution is 2.16. The van der Waals surface area contributed by atoms with Gasteiger partial charge >= 0.3 is 0 Å². The zero-order chi connectivity index (χ0) is 14.6. The second-order valence-corrected chi connectivity index (χ2v) is 5.29. The van der Waals surface area contributed by atoms with Crippen molar-refractivity contribution < 1.29 is 13.7 Å². The lowest BCUT2D eigenvalue weighted by atomic mass is 10.1. The molecule has 0 radical (unpaired) electrons. The molecule has 0 bridgehead atoms. The Labute approximate surface area is 128 Å². The Morgan fingerprint density at radius 3 is 2.86 bits per heavy atom. The highest BCUT2D eigenvalue weighted by atomic mass is 35.5. The van der Waals surface area contributed by atoms with Crippen LogP contribution in [0.2, 0.25) is 0 Å². The van der Waals surface area contributed by atoms with Gasteiger partial charge in [-0.3, -0.25) is 4.79 Å². The van der Waals surface area contributed by atoms with E-state index in [9.17, 15) is 4.79 Å². The predicted molar refractivity (Wildman–Crippen MR) is 78.8 cm³/mol. The Balaban J connectivity index is 0.00000220. The van der Waals surface area contributed by atoms with E-state index < -0.39 is 5.54 Å². The summed E-state index contributed by atoms with van der Waals surface area (Å²) in [6.45, 7) is 4.13. The normalized spacial score (nSPS) is 11.0. The summed E-state index contributed by atoms with van der Waals surface area (Å²) in [7, 11) is 0. The molecule has 0 fully saturated rings. The molecule has 7 nitrogen and oxygen atoms in total. The number of amides is 1. The van der Waals surface area contributed by atoms with Gasteiger partial charge in [0.2, 0.25) is 17.6 Å². The summed E-state index contributed by atoms with van der Waals surface area (Å²) < 4.78 is 10.0. The molecule has 0 saturated carbocycles. The molecule has 0 aliphatic heterocycles. The Morgan fingerprint density at radius 1 is 1.48 bits per heavy atom. The molecule has 116 valence electrons. The van der Waals surface area contributed by atoms with Crippen molar-refractivity contribution in [1.29, 1.82) is 0 Å². The summed E-state index contributed by atoms with van der Waals surface area (Å²) in [6.07, 6.45) is 3.74. The maximum Gasteiger partial charge on any atom is 0.227 e. The van der Waals surface area contributed by atoms with E-state index in [1.807, 2.05) is 13.8 Å². The number of hydrogen-bond donors (Lipinski definition) is 2. The van der Waals surface area contributed by atoms with Gasteiger partial charge in [0.1, 0.15) is 6.26 Å². The highest BCUT2D eigenvalue weighted by Gasteiger charge is 2.14. The second-order valence-electron chi connectivity index (χ2n) is 5.29. The summed E-state index contributed by atoms with van der Waals surface area (Å²) >= 11 is 0. The fraction of sp³-hybridized carbons (Fsp3) is 0.462. The number of furan rings is 1. The number of aryl methyl sites for hydroxylation is 1. The minimum absolute atomic E-state index is 0. The first-order valence-electron chi connectivity index (χ1n) is 6.35. The summed E-state index contributed by atoms with van der Waals surface area (Å²) in [6, 6.07) is 1.74. The molecule has 2 aromatic rings. The lowest BCUT2D eigenvalue weighted by Gasteiger charge is -2.18. The minimum atomic E-state index is -0.422. The van der Waals surface area contributed by atoms with Gasteiger partial charge in [0, 0.05) is 24.9 Å². The van der Waals surface area contributed by atoms with E-state index in [1.54, 1.807) is 6.07 Å². The Morgan fingerprint density at radius 2 is 2.24 bits per heavy atom. The molecule has 0 aliphatic carbocycles.